The summed E-state index contributed by atoms with van der Waals surface area (Å²) in [5.41, 5.74) is 4.77. The van der Waals surface area contributed by atoms with E-state index < -0.39 is 0 Å². The van der Waals surface area contributed by atoms with Gasteiger partial charge < -0.3 is 15.1 Å². The van der Waals surface area contributed by atoms with E-state index in [-0.39, 0.29) is 6.03 Å². The Balaban J connectivity index is 1.24. The third-order valence-corrected chi connectivity index (χ3v) is 8.69. The molecule has 2 aliphatic rings. The van der Waals surface area contributed by atoms with Crippen molar-refractivity contribution in [2.45, 2.75) is 45.4 Å². The molecule has 0 bridgehead atoms. The van der Waals surface area contributed by atoms with E-state index >= 15 is 0 Å². The van der Waals surface area contributed by atoms with Crippen molar-refractivity contribution in [2.24, 2.45) is 0 Å². The number of thiophene rings is 1. The second kappa shape index (κ2) is 10.5. The highest BCUT2D eigenvalue weighted by Gasteiger charge is 2.27. The molecule has 1 N–H and O–H groups in total. The van der Waals surface area contributed by atoms with Gasteiger partial charge in [0.15, 0.2) is 0 Å². The minimum Gasteiger partial charge on any atom is -0.352 e. The minimum atomic E-state index is -0.0292. The van der Waals surface area contributed by atoms with Crippen LogP contribution in [0.2, 0.25) is 0 Å². The Kier molecular flexibility index (Phi) is 6.79. The van der Waals surface area contributed by atoms with Crippen LogP contribution in [0.3, 0.4) is 0 Å². The molecule has 0 atom stereocenters. The zero-order valence-corrected chi connectivity index (χ0v) is 22.2. The lowest BCUT2D eigenvalue weighted by molar-refractivity contribution is 0.208. The number of aromatic nitrogens is 2. The summed E-state index contributed by atoms with van der Waals surface area (Å²) in [4.78, 5) is 30.1. The van der Waals surface area contributed by atoms with Crippen LogP contribution >= 0.6 is 11.3 Å². The second-order valence-corrected chi connectivity index (χ2v) is 11.1. The van der Waals surface area contributed by atoms with Gasteiger partial charge in [0.25, 0.3) is 0 Å². The van der Waals surface area contributed by atoms with Gasteiger partial charge in [0.2, 0.25) is 0 Å². The van der Waals surface area contributed by atoms with Crippen molar-refractivity contribution in [1.29, 1.82) is 0 Å². The van der Waals surface area contributed by atoms with Crippen molar-refractivity contribution >= 4 is 39.1 Å². The van der Waals surface area contributed by atoms with Gasteiger partial charge >= 0.3 is 6.03 Å². The molecule has 7 heteroatoms. The van der Waals surface area contributed by atoms with Crippen molar-refractivity contribution in [2.75, 3.05) is 36.4 Å². The lowest BCUT2D eigenvalue weighted by Crippen LogP contribution is -2.50. The molecular formula is C30H33N5OS. The van der Waals surface area contributed by atoms with Crippen LogP contribution in [0.5, 0.6) is 0 Å². The molecule has 4 aromatic rings. The molecule has 6 nitrogen and oxygen atoms in total. The van der Waals surface area contributed by atoms with Crippen LogP contribution in [0.25, 0.3) is 10.2 Å². The molecule has 0 spiro atoms. The van der Waals surface area contributed by atoms with Crippen LogP contribution in [0.4, 0.5) is 16.3 Å². The van der Waals surface area contributed by atoms with E-state index in [2.05, 4.69) is 53.5 Å². The summed E-state index contributed by atoms with van der Waals surface area (Å²) in [5, 5.41) is 4.34. The predicted octanol–water partition coefficient (Wildman–Crippen LogP) is 6.08. The highest BCUT2D eigenvalue weighted by molar-refractivity contribution is 7.19. The number of urea groups is 1. The normalized spacial score (nSPS) is 15.6. The summed E-state index contributed by atoms with van der Waals surface area (Å²) < 4.78 is 0. The SMILES string of the molecule is CCc1cccc(NC(=O)N2CCN(c3nc(Cc4ccccc4)nc4sc5c(c34)CCCC5)CC2)c1. The van der Waals surface area contributed by atoms with Gasteiger partial charge in [0.1, 0.15) is 16.5 Å². The maximum absolute atomic E-state index is 13.0. The molecule has 0 radical (unpaired) electrons. The van der Waals surface area contributed by atoms with Crippen molar-refractivity contribution in [3.8, 4) is 0 Å². The molecule has 6 rings (SSSR count). The van der Waals surface area contributed by atoms with Gasteiger partial charge in [-0.05, 0) is 60.9 Å². The molecule has 37 heavy (non-hydrogen) atoms. The van der Waals surface area contributed by atoms with Crippen molar-refractivity contribution in [1.82, 2.24) is 14.9 Å². The number of carbonyl (C=O) groups excluding carboxylic acids is 1. The number of benzene rings is 2. The van der Waals surface area contributed by atoms with Crippen LogP contribution in [-0.2, 0) is 25.7 Å². The molecule has 2 aromatic carbocycles. The first-order valence-electron chi connectivity index (χ1n) is 13.4. The zero-order valence-electron chi connectivity index (χ0n) is 21.4. The molecule has 2 amide bonds. The topological polar surface area (TPSA) is 61.4 Å². The minimum absolute atomic E-state index is 0.0292. The van der Waals surface area contributed by atoms with E-state index in [0.29, 0.717) is 13.1 Å². The first-order chi connectivity index (χ1) is 18.2. The monoisotopic (exact) mass is 511 g/mol. The number of nitrogens with one attached hydrogen (secondary N) is 1. The number of rotatable bonds is 5. The smallest absolute Gasteiger partial charge is 0.321 e. The van der Waals surface area contributed by atoms with E-state index in [1.807, 2.05) is 34.4 Å². The molecule has 2 aromatic heterocycles. The predicted molar refractivity (Wildman–Crippen MR) is 152 cm³/mol. The van der Waals surface area contributed by atoms with E-state index in [1.54, 1.807) is 0 Å². The summed E-state index contributed by atoms with van der Waals surface area (Å²) in [5.74, 6) is 1.94. The maximum atomic E-state index is 13.0. The first-order valence-corrected chi connectivity index (χ1v) is 14.2. The van der Waals surface area contributed by atoms with Gasteiger partial charge in [-0.1, -0.05) is 49.4 Å². The summed E-state index contributed by atoms with van der Waals surface area (Å²) in [6.45, 7) is 5.00. The van der Waals surface area contributed by atoms with Gasteiger partial charge in [-0.25, -0.2) is 14.8 Å². The summed E-state index contributed by atoms with van der Waals surface area (Å²) in [6, 6.07) is 18.5. The quantitative estimate of drug-likeness (QED) is 0.353. The van der Waals surface area contributed by atoms with Gasteiger partial charge in [-0.2, -0.15) is 0 Å². The number of hydrogen-bond acceptors (Lipinski definition) is 5. The third-order valence-electron chi connectivity index (χ3n) is 7.50. The molecule has 0 saturated carbocycles. The van der Waals surface area contributed by atoms with E-state index in [0.717, 1.165) is 60.9 Å². The number of nitrogens with zero attached hydrogens (tertiary/aromatic N) is 4. The Morgan fingerprint density at radius 1 is 0.946 bits per heavy atom. The fourth-order valence-corrected chi connectivity index (χ4v) is 6.74. The lowest BCUT2D eigenvalue weighted by atomic mass is 9.96. The zero-order chi connectivity index (χ0) is 25.2. The Labute approximate surface area is 222 Å². The highest BCUT2D eigenvalue weighted by Crippen LogP contribution is 2.40. The van der Waals surface area contributed by atoms with Crippen LogP contribution in [0, 0.1) is 0 Å². The summed E-state index contributed by atoms with van der Waals surface area (Å²) >= 11 is 1.86. The van der Waals surface area contributed by atoms with Crippen molar-refractivity contribution in [3.05, 3.63) is 82.0 Å². The molecular weight excluding hydrogens is 478 g/mol. The van der Waals surface area contributed by atoms with E-state index in [4.69, 9.17) is 9.97 Å². The second-order valence-electron chi connectivity index (χ2n) is 9.98. The maximum Gasteiger partial charge on any atom is 0.321 e. The average Bonchev–Trinajstić information content (AvgIpc) is 3.32. The van der Waals surface area contributed by atoms with Gasteiger partial charge in [0, 0.05) is 43.2 Å². The number of hydrogen-bond donors (Lipinski definition) is 1. The molecule has 190 valence electrons. The van der Waals surface area contributed by atoms with Crippen LogP contribution in [-0.4, -0.2) is 47.1 Å². The highest BCUT2D eigenvalue weighted by atomic mass is 32.1. The Morgan fingerprint density at radius 3 is 2.54 bits per heavy atom. The Bertz CT molecular complexity index is 1410. The van der Waals surface area contributed by atoms with Gasteiger partial charge in [-0.3, -0.25) is 0 Å². The van der Waals surface area contributed by atoms with Crippen LogP contribution in [0.15, 0.2) is 54.6 Å². The van der Waals surface area contributed by atoms with Crippen LogP contribution < -0.4 is 10.2 Å². The fraction of sp³-hybridized carbons (Fsp3) is 0.367. The fourth-order valence-electron chi connectivity index (χ4n) is 5.46. The number of amides is 2. The molecule has 1 fully saturated rings. The average molecular weight is 512 g/mol. The standard InChI is InChI=1S/C30H33N5OS/c1-2-21-11-8-12-23(19-21)31-30(36)35-17-15-34(16-18-35)28-27-24-13-6-7-14-25(24)37-29(27)33-26(32-28)20-22-9-4-3-5-10-22/h3-5,8-12,19H,2,6-7,13-18,20H2,1H3,(H,31,36). The molecule has 0 unspecified atom stereocenters. The number of piperazine rings is 1. The molecule has 1 saturated heterocycles. The Morgan fingerprint density at radius 2 is 1.73 bits per heavy atom. The lowest BCUT2D eigenvalue weighted by Gasteiger charge is -2.36. The molecule has 1 aliphatic carbocycles. The largest absolute Gasteiger partial charge is 0.352 e. The number of anilines is 2. The molecule has 3 heterocycles. The Hall–Kier alpha value is -3.45. The van der Waals surface area contributed by atoms with Crippen molar-refractivity contribution in [3.63, 3.8) is 0 Å². The summed E-state index contributed by atoms with van der Waals surface area (Å²) in [7, 11) is 0. The van der Waals surface area contributed by atoms with E-state index in [9.17, 15) is 4.79 Å². The third kappa shape index (κ3) is 5.05. The number of aryl methyl sites for hydroxylation is 3. The van der Waals surface area contributed by atoms with Crippen LogP contribution in [0.1, 0.15) is 47.2 Å². The summed E-state index contributed by atoms with van der Waals surface area (Å²) in [6.07, 6.45) is 6.44. The first kappa shape index (κ1) is 23.9. The van der Waals surface area contributed by atoms with E-state index in [1.165, 1.54) is 39.8 Å². The molecule has 1 aliphatic heterocycles. The van der Waals surface area contributed by atoms with Gasteiger partial charge in [-0.15, -0.1) is 11.3 Å². The number of carbonyl (C=O) groups is 1. The number of fused-ring (bicyclic) bond motifs is 3. The van der Waals surface area contributed by atoms with Crippen molar-refractivity contribution < 1.29 is 4.79 Å². The van der Waals surface area contributed by atoms with Gasteiger partial charge in [0.05, 0.1) is 5.39 Å².